The zero-order valence-electron chi connectivity index (χ0n) is 44.4. The smallest absolute Gasteiger partial charge is 0.488 e. The number of carbonyl (C=O) groups is 4. The van der Waals surface area contributed by atoms with Crippen molar-refractivity contribution in [3.05, 3.63) is 180 Å². The van der Waals surface area contributed by atoms with Gasteiger partial charge in [-0.15, -0.1) is 0 Å². The summed E-state index contributed by atoms with van der Waals surface area (Å²) >= 11 is 0. The first-order valence-corrected chi connectivity index (χ1v) is 26.2. The van der Waals surface area contributed by atoms with Crippen LogP contribution >= 0.6 is 0 Å². The summed E-state index contributed by atoms with van der Waals surface area (Å²) in [6, 6.07) is 44.6. The standard InChI is InChI=1S/C30H32FN3O3.C24H28FN3O3.C6H7BO2/c1-21(2)37-27-14-7-9-23(17-27)20-32-16-15-30(19-22(32)3)28(35)33(25-11-5-4-6-12-25)29(36)34(30)26-13-8-10-24(31)18-26;1-16(2)31-21-9-4-6-18(12-21)15-27-11-10-24(14-17(27)3)22(29)26-23(30)28(24)20-8-5-7-19(25)13-20;8-7(9)6-4-2-1-3-5-6/h4-14,17-18,21-22H,15-16,19-20H2,1-3H3;4-9,12-13,16-17H,10-11,14-15H2,1-3H3,(H,26,29,30);1-5,8-9H/t22-,30+;17-,24+;/m00./s1. The van der Waals surface area contributed by atoms with Crippen LogP contribution in [-0.4, -0.2) is 99.3 Å². The number of ether oxygens (including phenoxy) is 2. The van der Waals surface area contributed by atoms with Crippen LogP contribution in [0.25, 0.3) is 0 Å². The minimum Gasteiger partial charge on any atom is -0.491 e. The Hall–Kier alpha value is -7.44. The number of anilines is 3. The van der Waals surface area contributed by atoms with Gasteiger partial charge in [-0.3, -0.25) is 34.5 Å². The van der Waals surface area contributed by atoms with E-state index in [9.17, 15) is 28.0 Å². The molecule has 4 aliphatic rings. The third kappa shape index (κ3) is 12.7. The zero-order chi connectivity index (χ0) is 55.0. The Morgan fingerprint density at radius 1 is 0.584 bits per heavy atom. The molecule has 6 aromatic rings. The predicted octanol–water partition coefficient (Wildman–Crippen LogP) is 9.47. The van der Waals surface area contributed by atoms with Crippen molar-refractivity contribution in [3.63, 3.8) is 0 Å². The van der Waals surface area contributed by atoms with E-state index in [1.54, 1.807) is 72.8 Å². The van der Waals surface area contributed by atoms with Crippen LogP contribution in [-0.2, 0) is 22.7 Å². The zero-order valence-corrected chi connectivity index (χ0v) is 44.4. The summed E-state index contributed by atoms with van der Waals surface area (Å²) in [5, 5.41) is 19.6. The van der Waals surface area contributed by atoms with Crippen molar-refractivity contribution in [1.29, 1.82) is 0 Å². The molecule has 4 aliphatic heterocycles. The molecule has 17 heteroatoms. The molecule has 4 atom stereocenters. The molecule has 0 bridgehead atoms. The lowest BCUT2D eigenvalue weighted by molar-refractivity contribution is -0.125. The topological polar surface area (TPSA) is 155 Å². The number of piperidine rings is 2. The van der Waals surface area contributed by atoms with Gasteiger partial charge in [-0.2, -0.15) is 0 Å². The first kappa shape index (κ1) is 55.8. The lowest BCUT2D eigenvalue weighted by atomic mass is 9.81. The van der Waals surface area contributed by atoms with E-state index in [0.29, 0.717) is 67.8 Å². The number of carbonyl (C=O) groups excluding carboxylic acids is 4. The number of halogens is 2. The molecule has 6 amide bonds. The number of benzene rings is 6. The lowest BCUT2D eigenvalue weighted by Crippen LogP contribution is -2.59. The van der Waals surface area contributed by atoms with Gasteiger partial charge in [-0.1, -0.05) is 84.9 Å². The van der Waals surface area contributed by atoms with Crippen molar-refractivity contribution >= 4 is 53.5 Å². The second-order valence-electron chi connectivity index (χ2n) is 20.7. The molecule has 4 saturated heterocycles. The highest BCUT2D eigenvalue weighted by molar-refractivity contribution is 6.58. The molecule has 0 radical (unpaired) electrons. The number of imide groups is 2. The summed E-state index contributed by atoms with van der Waals surface area (Å²) in [6.07, 6.45) is 2.05. The van der Waals surface area contributed by atoms with Crippen molar-refractivity contribution in [2.75, 3.05) is 27.8 Å². The fourth-order valence-electron chi connectivity index (χ4n) is 10.9. The van der Waals surface area contributed by atoms with Crippen molar-refractivity contribution < 1.29 is 47.5 Å². The Bertz CT molecular complexity index is 3030. The van der Waals surface area contributed by atoms with Crippen molar-refractivity contribution in [3.8, 4) is 11.5 Å². The maximum absolute atomic E-state index is 14.3. The molecule has 14 nitrogen and oxygen atoms in total. The molecular formula is C60H67BF2N6O8. The molecule has 6 aromatic carbocycles. The van der Waals surface area contributed by atoms with E-state index < -0.39 is 41.9 Å². The van der Waals surface area contributed by atoms with Gasteiger partial charge in [0, 0.05) is 49.6 Å². The lowest BCUT2D eigenvalue weighted by Gasteiger charge is -2.45. The van der Waals surface area contributed by atoms with Crippen LogP contribution < -0.4 is 35.0 Å². The van der Waals surface area contributed by atoms with Gasteiger partial charge in [0.1, 0.15) is 34.2 Å². The molecule has 3 N–H and O–H groups in total. The van der Waals surface area contributed by atoms with Gasteiger partial charge >= 0.3 is 19.2 Å². The highest BCUT2D eigenvalue weighted by Crippen LogP contribution is 2.45. The molecular weight excluding hydrogens is 982 g/mol. The number of nitrogens with zero attached hydrogens (tertiary/aromatic N) is 5. The molecule has 4 heterocycles. The third-order valence-electron chi connectivity index (χ3n) is 14.4. The molecule has 2 spiro atoms. The Labute approximate surface area is 449 Å². The van der Waals surface area contributed by atoms with Crippen molar-refractivity contribution in [2.24, 2.45) is 0 Å². The number of likely N-dealkylation sites (tertiary alicyclic amines) is 2. The normalized spacial score (nSPS) is 21.5. The van der Waals surface area contributed by atoms with Crippen LogP contribution in [0.15, 0.2) is 158 Å². The summed E-state index contributed by atoms with van der Waals surface area (Å²) in [4.78, 5) is 62.2. The highest BCUT2D eigenvalue weighted by Gasteiger charge is 2.60. The Morgan fingerprint density at radius 3 is 1.51 bits per heavy atom. The van der Waals surface area contributed by atoms with E-state index in [2.05, 4.69) is 47.2 Å². The third-order valence-corrected chi connectivity index (χ3v) is 14.4. The van der Waals surface area contributed by atoms with Gasteiger partial charge in [-0.25, -0.2) is 23.3 Å². The molecule has 4 fully saturated rings. The summed E-state index contributed by atoms with van der Waals surface area (Å²) in [5.41, 5.74) is 2.03. The van der Waals surface area contributed by atoms with E-state index in [-0.39, 0.29) is 36.1 Å². The molecule has 77 heavy (non-hydrogen) atoms. The maximum atomic E-state index is 14.3. The van der Waals surface area contributed by atoms with E-state index >= 15 is 0 Å². The van der Waals surface area contributed by atoms with E-state index in [1.807, 2.05) is 70.2 Å². The first-order chi connectivity index (χ1) is 36.9. The number of rotatable bonds is 12. The van der Waals surface area contributed by atoms with Crippen molar-refractivity contribution in [2.45, 2.75) is 116 Å². The van der Waals surface area contributed by atoms with Gasteiger partial charge in [0.15, 0.2) is 0 Å². The van der Waals surface area contributed by atoms with Crippen LogP contribution in [0.3, 0.4) is 0 Å². The van der Waals surface area contributed by atoms with Gasteiger partial charge in [0.25, 0.3) is 11.8 Å². The summed E-state index contributed by atoms with van der Waals surface area (Å²) in [6.45, 7) is 14.8. The second kappa shape index (κ2) is 24.3. The van der Waals surface area contributed by atoms with E-state index in [4.69, 9.17) is 19.5 Å². The van der Waals surface area contributed by atoms with Crippen LogP contribution in [0.5, 0.6) is 11.5 Å². The molecule has 0 aliphatic carbocycles. The van der Waals surface area contributed by atoms with Gasteiger partial charge in [-0.05, 0) is 157 Å². The van der Waals surface area contributed by atoms with Crippen LogP contribution in [0, 0.1) is 11.6 Å². The molecule has 0 aromatic heterocycles. The van der Waals surface area contributed by atoms with Crippen LogP contribution in [0.1, 0.15) is 78.4 Å². The van der Waals surface area contributed by atoms with Crippen LogP contribution in [0.2, 0.25) is 0 Å². The fourth-order valence-corrected chi connectivity index (χ4v) is 10.9. The van der Waals surface area contributed by atoms with E-state index in [0.717, 1.165) is 29.2 Å². The monoisotopic (exact) mass is 1050 g/mol. The van der Waals surface area contributed by atoms with Gasteiger partial charge in [0.2, 0.25) is 0 Å². The number of amides is 6. The fraction of sp³-hybridized carbons (Fsp3) is 0.333. The van der Waals surface area contributed by atoms with Gasteiger partial charge < -0.3 is 19.5 Å². The number of hydrogen-bond donors (Lipinski definition) is 3. The van der Waals surface area contributed by atoms with Crippen LogP contribution in [0.4, 0.5) is 35.4 Å². The Kier molecular flexibility index (Phi) is 17.6. The number of urea groups is 2. The SMILES string of the molecule is CC(C)Oc1cccc(CN2CC[C@@]3(C[C@@H]2C)C(=O)N(c2ccccc2)C(=O)N3c2cccc(F)c2)c1.CC(C)Oc1cccc(CN2CC[C@@]3(C[C@@H]2C)C(=O)NC(=O)N3c2cccc(F)c2)c1.OB(O)c1ccccc1. The minimum atomic E-state index is -1.34. The second-order valence-corrected chi connectivity index (χ2v) is 20.7. The Morgan fingerprint density at radius 2 is 1.04 bits per heavy atom. The number of nitrogens with one attached hydrogen (secondary N) is 1. The minimum absolute atomic E-state index is 0.00644. The predicted molar refractivity (Wildman–Crippen MR) is 295 cm³/mol. The van der Waals surface area contributed by atoms with Crippen molar-refractivity contribution in [1.82, 2.24) is 15.1 Å². The molecule has 10 rings (SSSR count). The molecule has 0 unspecified atom stereocenters. The molecule has 0 saturated carbocycles. The average molecular weight is 1050 g/mol. The molecule has 402 valence electrons. The first-order valence-electron chi connectivity index (χ1n) is 26.2. The largest absolute Gasteiger partial charge is 0.491 e. The summed E-state index contributed by atoms with van der Waals surface area (Å²) in [7, 11) is -1.34. The maximum Gasteiger partial charge on any atom is 0.488 e. The van der Waals surface area contributed by atoms with Gasteiger partial charge in [0.05, 0.1) is 17.9 Å². The number of hydrogen-bond acceptors (Lipinski definition) is 10. The van der Waals surface area contributed by atoms with E-state index in [1.165, 1.54) is 39.0 Å². The average Bonchev–Trinajstić information content (AvgIpc) is 3.85. The Balaban J connectivity index is 0.000000177. The summed E-state index contributed by atoms with van der Waals surface area (Å²) < 4.78 is 39.7. The highest BCUT2D eigenvalue weighted by atomic mass is 19.1. The summed E-state index contributed by atoms with van der Waals surface area (Å²) in [5.74, 6) is 0.230. The number of para-hydroxylation sites is 1. The quantitative estimate of drug-likeness (QED) is 0.0798.